The number of anilines is 2. The Morgan fingerprint density at radius 3 is 2.91 bits per heavy atom. The van der Waals surface area contributed by atoms with Crippen LogP contribution >= 0.6 is 0 Å². The van der Waals surface area contributed by atoms with E-state index in [4.69, 9.17) is 4.74 Å². The predicted molar refractivity (Wildman–Crippen MR) is 86.3 cm³/mol. The topological polar surface area (TPSA) is 53.6 Å². The van der Waals surface area contributed by atoms with E-state index in [-0.39, 0.29) is 23.5 Å². The zero-order valence-corrected chi connectivity index (χ0v) is 13.1. The highest BCUT2D eigenvalue weighted by atomic mass is 19.1. The van der Waals surface area contributed by atoms with Crippen LogP contribution in [0.2, 0.25) is 0 Å². The van der Waals surface area contributed by atoms with E-state index in [1.165, 1.54) is 17.4 Å². The fourth-order valence-corrected chi connectivity index (χ4v) is 3.76. The van der Waals surface area contributed by atoms with E-state index in [1.54, 1.807) is 12.1 Å². The lowest BCUT2D eigenvalue weighted by molar-refractivity contribution is -0.0562. The molecule has 2 heterocycles. The molecule has 3 aliphatic rings. The van der Waals surface area contributed by atoms with E-state index < -0.39 is 0 Å². The summed E-state index contributed by atoms with van der Waals surface area (Å²) in [7, 11) is 0. The minimum Gasteiger partial charge on any atom is -0.380 e. The van der Waals surface area contributed by atoms with Crippen LogP contribution < -0.4 is 15.5 Å². The Bertz CT molecular complexity index is 618. The molecule has 23 heavy (non-hydrogen) atoms. The van der Waals surface area contributed by atoms with Crippen LogP contribution in [0.5, 0.6) is 0 Å². The Morgan fingerprint density at radius 2 is 2.22 bits per heavy atom. The molecule has 2 aliphatic heterocycles. The van der Waals surface area contributed by atoms with Crippen LogP contribution in [-0.4, -0.2) is 37.4 Å². The molecule has 1 unspecified atom stereocenters. The van der Waals surface area contributed by atoms with Crippen LogP contribution in [0.3, 0.4) is 0 Å². The van der Waals surface area contributed by atoms with Crippen LogP contribution in [0.4, 0.5) is 20.6 Å². The number of amides is 2. The minimum absolute atomic E-state index is 0.0906. The monoisotopic (exact) mass is 319 g/mol. The highest BCUT2D eigenvalue weighted by Crippen LogP contribution is 2.44. The van der Waals surface area contributed by atoms with Crippen LogP contribution in [0.1, 0.15) is 32.1 Å². The first-order valence-corrected chi connectivity index (χ1v) is 8.41. The summed E-state index contributed by atoms with van der Waals surface area (Å²) in [5.74, 6) is -0.370. The van der Waals surface area contributed by atoms with Crippen molar-refractivity contribution in [3.8, 4) is 0 Å². The van der Waals surface area contributed by atoms with E-state index in [2.05, 4.69) is 10.6 Å². The molecule has 2 amide bonds. The summed E-state index contributed by atoms with van der Waals surface area (Å²) in [5, 5.41) is 6.19. The standard InChI is InChI=1S/C17H22FN3O2/c18-14-4-3-12(9-15(14)21-8-2-7-19-16(21)22)20-13-10-17(23-11-13)5-1-6-17/h3-4,9,13,20H,1-2,5-8,10-11H2,(H,19,22). The van der Waals surface area contributed by atoms with Gasteiger partial charge in [0.2, 0.25) is 0 Å². The van der Waals surface area contributed by atoms with E-state index in [1.807, 2.05) is 0 Å². The molecular formula is C17H22FN3O2. The maximum atomic E-state index is 14.2. The normalized spacial score (nSPS) is 26.0. The largest absolute Gasteiger partial charge is 0.380 e. The molecule has 1 aliphatic carbocycles. The van der Waals surface area contributed by atoms with Crippen LogP contribution in [0, 0.1) is 5.82 Å². The highest BCUT2D eigenvalue weighted by Gasteiger charge is 2.45. The zero-order valence-electron chi connectivity index (χ0n) is 13.1. The number of hydrogen-bond donors (Lipinski definition) is 2. The molecule has 124 valence electrons. The molecule has 0 radical (unpaired) electrons. The third kappa shape index (κ3) is 2.76. The Morgan fingerprint density at radius 1 is 1.35 bits per heavy atom. The maximum Gasteiger partial charge on any atom is 0.321 e. The number of rotatable bonds is 3. The quantitative estimate of drug-likeness (QED) is 0.901. The summed E-state index contributed by atoms with van der Waals surface area (Å²) in [6, 6.07) is 4.90. The van der Waals surface area contributed by atoms with E-state index >= 15 is 0 Å². The van der Waals surface area contributed by atoms with Crippen molar-refractivity contribution in [1.82, 2.24) is 5.32 Å². The molecule has 1 saturated carbocycles. The summed E-state index contributed by atoms with van der Waals surface area (Å²) < 4.78 is 20.1. The van der Waals surface area contributed by atoms with Crippen LogP contribution in [-0.2, 0) is 4.74 Å². The van der Waals surface area contributed by atoms with E-state index in [0.29, 0.717) is 25.4 Å². The SMILES string of the molecule is O=C1NCCCN1c1cc(NC2COC3(CCC3)C2)ccc1F. The van der Waals surface area contributed by atoms with Gasteiger partial charge in [-0.05, 0) is 50.3 Å². The molecule has 1 aromatic carbocycles. The van der Waals surface area contributed by atoms with Crippen molar-refractivity contribution in [3.63, 3.8) is 0 Å². The number of hydrogen-bond acceptors (Lipinski definition) is 3. The van der Waals surface area contributed by atoms with Crippen molar-refractivity contribution in [2.24, 2.45) is 0 Å². The summed E-state index contributed by atoms with van der Waals surface area (Å²) in [6.07, 6.45) is 5.37. The van der Waals surface area contributed by atoms with Gasteiger partial charge in [0.25, 0.3) is 0 Å². The fraction of sp³-hybridized carbons (Fsp3) is 0.588. The molecule has 1 aromatic rings. The first kappa shape index (κ1) is 14.8. The van der Waals surface area contributed by atoms with Crippen LogP contribution in [0.25, 0.3) is 0 Å². The number of carbonyl (C=O) groups is 1. The van der Waals surface area contributed by atoms with Gasteiger partial charge in [-0.25, -0.2) is 9.18 Å². The van der Waals surface area contributed by atoms with Gasteiger partial charge < -0.3 is 15.4 Å². The number of halogens is 1. The molecular weight excluding hydrogens is 297 g/mol. The lowest BCUT2D eigenvalue weighted by Gasteiger charge is -2.37. The summed E-state index contributed by atoms with van der Waals surface area (Å²) in [4.78, 5) is 13.4. The second-order valence-electron chi connectivity index (χ2n) is 6.80. The van der Waals surface area contributed by atoms with Gasteiger partial charge >= 0.3 is 6.03 Å². The second kappa shape index (κ2) is 5.67. The number of urea groups is 1. The Balaban J connectivity index is 1.49. The van der Waals surface area contributed by atoms with Crippen molar-refractivity contribution in [1.29, 1.82) is 0 Å². The zero-order chi connectivity index (χ0) is 15.9. The van der Waals surface area contributed by atoms with Gasteiger partial charge in [0, 0.05) is 18.8 Å². The maximum absolute atomic E-state index is 14.2. The lowest BCUT2D eigenvalue weighted by Crippen LogP contribution is -2.46. The van der Waals surface area contributed by atoms with Crippen molar-refractivity contribution in [2.75, 3.05) is 29.9 Å². The molecule has 2 saturated heterocycles. The van der Waals surface area contributed by atoms with Gasteiger partial charge in [-0.1, -0.05) is 0 Å². The molecule has 3 fully saturated rings. The van der Waals surface area contributed by atoms with Gasteiger partial charge in [0.05, 0.1) is 23.9 Å². The van der Waals surface area contributed by atoms with Gasteiger partial charge in [0.15, 0.2) is 0 Å². The van der Waals surface area contributed by atoms with Crippen molar-refractivity contribution < 1.29 is 13.9 Å². The van der Waals surface area contributed by atoms with Crippen molar-refractivity contribution in [3.05, 3.63) is 24.0 Å². The first-order chi connectivity index (χ1) is 11.2. The Hall–Kier alpha value is -1.82. The number of benzene rings is 1. The molecule has 4 rings (SSSR count). The smallest absolute Gasteiger partial charge is 0.321 e. The minimum atomic E-state index is -0.370. The number of nitrogens with zero attached hydrogens (tertiary/aromatic N) is 1. The van der Waals surface area contributed by atoms with Crippen molar-refractivity contribution in [2.45, 2.75) is 43.7 Å². The molecule has 5 nitrogen and oxygen atoms in total. The third-order valence-corrected chi connectivity index (χ3v) is 5.16. The number of carbonyl (C=O) groups excluding carboxylic acids is 1. The molecule has 1 spiro atoms. The van der Waals surface area contributed by atoms with Gasteiger partial charge in [-0.15, -0.1) is 0 Å². The molecule has 1 atom stereocenters. The van der Waals surface area contributed by atoms with E-state index in [9.17, 15) is 9.18 Å². The Kier molecular flexibility index (Phi) is 3.64. The summed E-state index contributed by atoms with van der Waals surface area (Å²) >= 11 is 0. The third-order valence-electron chi connectivity index (χ3n) is 5.16. The van der Waals surface area contributed by atoms with Crippen molar-refractivity contribution >= 4 is 17.4 Å². The molecule has 2 N–H and O–H groups in total. The number of nitrogens with one attached hydrogen (secondary N) is 2. The highest BCUT2D eigenvalue weighted by molar-refractivity contribution is 5.93. The number of ether oxygens (including phenoxy) is 1. The predicted octanol–water partition coefficient (Wildman–Crippen LogP) is 2.87. The average Bonchev–Trinajstić information content (AvgIpc) is 2.95. The first-order valence-electron chi connectivity index (χ1n) is 8.41. The Labute approximate surface area is 135 Å². The van der Waals surface area contributed by atoms with Gasteiger partial charge in [0.1, 0.15) is 5.82 Å². The molecule has 0 bridgehead atoms. The van der Waals surface area contributed by atoms with Gasteiger partial charge in [-0.2, -0.15) is 0 Å². The van der Waals surface area contributed by atoms with Crippen LogP contribution in [0.15, 0.2) is 18.2 Å². The summed E-state index contributed by atoms with van der Waals surface area (Å²) in [5.41, 5.74) is 1.27. The molecule has 6 heteroatoms. The lowest BCUT2D eigenvalue weighted by atomic mass is 9.77. The van der Waals surface area contributed by atoms with E-state index in [0.717, 1.165) is 31.4 Å². The van der Waals surface area contributed by atoms with Gasteiger partial charge in [-0.3, -0.25) is 4.90 Å². The second-order valence-corrected chi connectivity index (χ2v) is 6.80. The fourth-order valence-electron chi connectivity index (χ4n) is 3.76. The molecule has 0 aromatic heterocycles. The summed E-state index contributed by atoms with van der Waals surface area (Å²) in [6.45, 7) is 1.88. The average molecular weight is 319 g/mol.